The summed E-state index contributed by atoms with van der Waals surface area (Å²) in [5, 5.41) is 12.6. The Balaban J connectivity index is 1.67. The number of amides is 1. The number of aromatic hydroxyl groups is 1. The highest BCUT2D eigenvalue weighted by Gasteiger charge is 2.26. The number of anilines is 1. The number of carbonyl (C=O) groups excluding carboxylic acids is 2. The van der Waals surface area contributed by atoms with Crippen LogP contribution in [0.2, 0.25) is 0 Å². The highest BCUT2D eigenvalue weighted by atomic mass is 32.2. The molecule has 2 N–H and O–H groups in total. The first kappa shape index (κ1) is 23.6. The molecule has 1 fully saturated rings. The molecule has 1 saturated heterocycles. The summed E-state index contributed by atoms with van der Waals surface area (Å²) >= 11 is 0. The molecule has 0 atom stereocenters. The van der Waals surface area contributed by atoms with Gasteiger partial charge in [-0.15, -0.1) is 0 Å². The van der Waals surface area contributed by atoms with Crippen LogP contribution in [0.4, 0.5) is 5.69 Å². The van der Waals surface area contributed by atoms with Crippen LogP contribution in [0.3, 0.4) is 0 Å². The lowest BCUT2D eigenvalue weighted by molar-refractivity contribution is -0.119. The third-order valence-corrected chi connectivity index (χ3v) is 7.10. The van der Waals surface area contributed by atoms with Gasteiger partial charge in [-0.2, -0.15) is 4.31 Å². The molecular weight excluding hydrogens is 436 g/mol. The van der Waals surface area contributed by atoms with Gasteiger partial charge in [-0.25, -0.2) is 13.2 Å². The van der Waals surface area contributed by atoms with Crippen molar-refractivity contribution in [1.29, 1.82) is 0 Å². The number of phenolic OH excluding ortho intramolecular Hbond substituents is 1. The maximum Gasteiger partial charge on any atom is 0.342 e. The Hall–Kier alpha value is -3.11. The van der Waals surface area contributed by atoms with E-state index in [2.05, 4.69) is 5.32 Å². The van der Waals surface area contributed by atoms with Gasteiger partial charge in [-0.3, -0.25) is 4.79 Å². The summed E-state index contributed by atoms with van der Waals surface area (Å²) in [6, 6.07) is 8.87. The quantitative estimate of drug-likeness (QED) is 0.607. The lowest BCUT2D eigenvalue weighted by atomic mass is 10.2. The van der Waals surface area contributed by atoms with Gasteiger partial charge in [0.05, 0.1) is 12.0 Å². The Morgan fingerprint density at radius 2 is 1.84 bits per heavy atom. The maximum absolute atomic E-state index is 12.9. The minimum atomic E-state index is -3.65. The molecule has 1 aliphatic heterocycles. The molecule has 0 radical (unpaired) electrons. The molecule has 0 spiro atoms. The number of hydrogen-bond acceptors (Lipinski definition) is 7. The van der Waals surface area contributed by atoms with E-state index >= 15 is 0 Å². The fourth-order valence-corrected chi connectivity index (χ4v) is 4.94. The highest BCUT2D eigenvalue weighted by molar-refractivity contribution is 7.89. The van der Waals surface area contributed by atoms with Crippen molar-refractivity contribution in [3.05, 3.63) is 47.5 Å². The molecule has 32 heavy (non-hydrogen) atoms. The number of carbonyl (C=O) groups is 2. The van der Waals surface area contributed by atoms with Crippen LogP contribution in [-0.2, 0) is 19.6 Å². The Bertz CT molecular complexity index is 1110. The summed E-state index contributed by atoms with van der Waals surface area (Å²) in [6.07, 6.45) is 2.65. The summed E-state index contributed by atoms with van der Waals surface area (Å²) in [5.41, 5.74) is 0.837. The van der Waals surface area contributed by atoms with E-state index in [4.69, 9.17) is 9.47 Å². The number of rotatable bonds is 7. The molecular formula is C22H26N2O7S. The smallest absolute Gasteiger partial charge is 0.342 e. The number of nitrogens with one attached hydrogen (secondary N) is 1. The number of nitrogens with zero attached hydrogens (tertiary/aromatic N) is 1. The Morgan fingerprint density at radius 3 is 2.53 bits per heavy atom. The Morgan fingerprint density at radius 1 is 1.12 bits per heavy atom. The first-order chi connectivity index (χ1) is 15.2. The highest BCUT2D eigenvalue weighted by Crippen LogP contribution is 2.30. The Kier molecular flexibility index (Phi) is 7.37. The van der Waals surface area contributed by atoms with Crippen molar-refractivity contribution in [1.82, 2.24) is 4.31 Å². The van der Waals surface area contributed by atoms with E-state index in [1.165, 1.54) is 41.7 Å². The summed E-state index contributed by atoms with van der Waals surface area (Å²) in [5.74, 6) is -1.82. The number of benzene rings is 2. The molecule has 0 aliphatic carbocycles. The molecule has 1 amide bonds. The molecule has 1 aliphatic rings. The number of hydrogen-bond donors (Lipinski definition) is 2. The van der Waals surface area contributed by atoms with Crippen molar-refractivity contribution in [3.63, 3.8) is 0 Å². The van der Waals surface area contributed by atoms with Crippen LogP contribution in [0, 0.1) is 6.92 Å². The van der Waals surface area contributed by atoms with Gasteiger partial charge >= 0.3 is 5.97 Å². The first-order valence-corrected chi connectivity index (χ1v) is 11.6. The number of methoxy groups -OCH3 is 1. The van der Waals surface area contributed by atoms with Crippen LogP contribution < -0.4 is 10.1 Å². The molecule has 3 rings (SSSR count). The fraction of sp³-hybridized carbons (Fsp3) is 0.364. The zero-order valence-corrected chi connectivity index (χ0v) is 18.8. The van der Waals surface area contributed by atoms with Gasteiger partial charge in [0.15, 0.2) is 18.1 Å². The van der Waals surface area contributed by atoms with Gasteiger partial charge in [-0.1, -0.05) is 18.6 Å². The second kappa shape index (κ2) is 10.0. The zero-order chi connectivity index (χ0) is 23.3. The first-order valence-electron chi connectivity index (χ1n) is 10.2. The van der Waals surface area contributed by atoms with Crippen molar-refractivity contribution >= 4 is 27.6 Å². The van der Waals surface area contributed by atoms with Crippen molar-refractivity contribution in [3.8, 4) is 11.5 Å². The molecule has 2 aromatic carbocycles. The number of phenols is 1. The summed E-state index contributed by atoms with van der Waals surface area (Å²) < 4.78 is 37.2. The van der Waals surface area contributed by atoms with E-state index in [0.29, 0.717) is 24.3 Å². The second-order valence-electron chi connectivity index (χ2n) is 7.42. The summed E-state index contributed by atoms with van der Waals surface area (Å²) in [6.45, 7) is 2.07. The summed E-state index contributed by atoms with van der Waals surface area (Å²) in [7, 11) is -2.31. The number of piperidine rings is 1. The number of ether oxygens (including phenoxy) is 2. The molecule has 172 valence electrons. The van der Waals surface area contributed by atoms with Crippen LogP contribution >= 0.6 is 0 Å². The number of aryl methyl sites for hydroxylation is 1. The lowest BCUT2D eigenvalue weighted by Gasteiger charge is -2.26. The SMILES string of the molecule is COc1cccc(C(=O)OCC(=O)Nc2cc(S(=O)(=O)N3CCCCC3)ccc2C)c1O. The minimum Gasteiger partial charge on any atom is -0.504 e. The topological polar surface area (TPSA) is 122 Å². The third kappa shape index (κ3) is 5.20. The van der Waals surface area contributed by atoms with Crippen LogP contribution in [0.1, 0.15) is 35.2 Å². The summed E-state index contributed by atoms with van der Waals surface area (Å²) in [4.78, 5) is 24.6. The monoisotopic (exact) mass is 462 g/mol. The van der Waals surface area contributed by atoms with Crippen molar-refractivity contribution in [2.24, 2.45) is 0 Å². The van der Waals surface area contributed by atoms with E-state index in [-0.39, 0.29) is 22.0 Å². The Labute approximate surface area is 187 Å². The van der Waals surface area contributed by atoms with E-state index in [1.807, 2.05) is 0 Å². The lowest BCUT2D eigenvalue weighted by Crippen LogP contribution is -2.35. The fourth-order valence-electron chi connectivity index (χ4n) is 3.40. The van der Waals surface area contributed by atoms with Gasteiger partial charge < -0.3 is 19.9 Å². The van der Waals surface area contributed by atoms with E-state index < -0.39 is 28.5 Å². The van der Waals surface area contributed by atoms with Crippen molar-refractivity contribution in [2.45, 2.75) is 31.1 Å². The van der Waals surface area contributed by atoms with Gasteiger partial charge in [0.1, 0.15) is 5.56 Å². The molecule has 0 unspecified atom stereocenters. The molecule has 0 saturated carbocycles. The van der Waals surface area contributed by atoms with Gasteiger partial charge in [0.25, 0.3) is 5.91 Å². The van der Waals surface area contributed by atoms with Crippen LogP contribution in [0.5, 0.6) is 11.5 Å². The van der Waals surface area contributed by atoms with Crippen molar-refractivity contribution in [2.75, 3.05) is 32.1 Å². The number of sulfonamides is 1. The van der Waals surface area contributed by atoms with E-state index in [9.17, 15) is 23.1 Å². The van der Waals surface area contributed by atoms with Crippen LogP contribution in [-0.4, -0.2) is 56.5 Å². The van der Waals surface area contributed by atoms with Gasteiger partial charge in [-0.05, 0) is 49.6 Å². The van der Waals surface area contributed by atoms with E-state index in [0.717, 1.165) is 19.3 Å². The number of esters is 1. The largest absolute Gasteiger partial charge is 0.504 e. The standard InChI is InChI=1S/C22H26N2O7S/c1-15-9-10-16(32(28,29)24-11-4-3-5-12-24)13-18(15)23-20(25)14-31-22(27)17-7-6-8-19(30-2)21(17)26/h6-10,13,26H,3-5,11-12,14H2,1-2H3,(H,23,25). The van der Waals surface area contributed by atoms with Crippen molar-refractivity contribution < 1.29 is 32.6 Å². The van der Waals surface area contributed by atoms with E-state index in [1.54, 1.807) is 13.0 Å². The van der Waals surface area contributed by atoms with Gasteiger partial charge in [0, 0.05) is 18.8 Å². The van der Waals surface area contributed by atoms with Gasteiger partial charge in [0.2, 0.25) is 10.0 Å². The maximum atomic E-state index is 12.9. The molecule has 1 heterocycles. The zero-order valence-electron chi connectivity index (χ0n) is 18.0. The minimum absolute atomic E-state index is 0.0959. The predicted octanol–water partition coefficient (Wildman–Crippen LogP) is 2.68. The predicted molar refractivity (Wildman–Crippen MR) is 117 cm³/mol. The molecule has 10 heteroatoms. The number of para-hydroxylation sites is 1. The third-order valence-electron chi connectivity index (χ3n) is 5.21. The average Bonchev–Trinajstić information content (AvgIpc) is 2.79. The normalized spacial score (nSPS) is 14.6. The molecule has 0 bridgehead atoms. The molecule has 9 nitrogen and oxygen atoms in total. The second-order valence-corrected chi connectivity index (χ2v) is 9.36. The average molecular weight is 463 g/mol. The van der Waals surface area contributed by atoms with Crippen LogP contribution in [0.15, 0.2) is 41.3 Å². The molecule has 2 aromatic rings. The van der Waals surface area contributed by atoms with Crippen LogP contribution in [0.25, 0.3) is 0 Å². The molecule has 0 aromatic heterocycles.